The van der Waals surface area contributed by atoms with Crippen molar-refractivity contribution in [2.24, 2.45) is 11.8 Å². The summed E-state index contributed by atoms with van der Waals surface area (Å²) < 4.78 is 35.3. The number of aryl methyl sites for hydroxylation is 1. The van der Waals surface area contributed by atoms with Gasteiger partial charge in [0, 0.05) is 45.2 Å². The Morgan fingerprint density at radius 1 is 1.17 bits per heavy atom. The third-order valence-corrected chi connectivity index (χ3v) is 11.9. The molecule has 2 aromatic carbocycles. The molecule has 3 aliphatic heterocycles. The summed E-state index contributed by atoms with van der Waals surface area (Å²) in [4.78, 5) is 15.8. The number of hydrogen-bond acceptors (Lipinski definition) is 6. The van der Waals surface area contributed by atoms with Crippen molar-refractivity contribution < 1.29 is 23.2 Å². The van der Waals surface area contributed by atoms with E-state index >= 15 is 0 Å². The highest BCUT2D eigenvalue weighted by Crippen LogP contribution is 2.48. The Morgan fingerprint density at radius 2 is 2.05 bits per heavy atom. The molecule has 1 spiro atoms. The van der Waals surface area contributed by atoms with Crippen LogP contribution >= 0.6 is 11.6 Å². The smallest absolute Gasteiger partial charge is 0.262 e. The van der Waals surface area contributed by atoms with E-state index in [2.05, 4.69) is 34.5 Å². The van der Waals surface area contributed by atoms with Crippen LogP contribution in [-0.4, -0.2) is 66.4 Å². The lowest BCUT2D eigenvalue weighted by Crippen LogP contribution is -2.51. The predicted molar refractivity (Wildman–Crippen MR) is 167 cm³/mol. The van der Waals surface area contributed by atoms with Gasteiger partial charge in [-0.25, -0.2) is 4.21 Å². The zero-order valence-electron chi connectivity index (χ0n) is 24.3. The van der Waals surface area contributed by atoms with Gasteiger partial charge in [0.25, 0.3) is 5.91 Å². The van der Waals surface area contributed by atoms with E-state index in [1.54, 1.807) is 6.07 Å². The van der Waals surface area contributed by atoms with Gasteiger partial charge in [0.05, 0.1) is 43.0 Å². The van der Waals surface area contributed by atoms with Gasteiger partial charge in [-0.1, -0.05) is 17.7 Å². The van der Waals surface area contributed by atoms with Crippen LogP contribution < -0.4 is 14.4 Å². The van der Waals surface area contributed by atoms with Crippen molar-refractivity contribution in [3.05, 3.63) is 58.1 Å². The first-order chi connectivity index (χ1) is 20.2. The molecule has 226 valence electrons. The Bertz CT molecular complexity index is 1480. The maximum Gasteiger partial charge on any atom is 0.262 e. The van der Waals surface area contributed by atoms with Gasteiger partial charge in [-0.2, -0.15) is 0 Å². The fourth-order valence-electron chi connectivity index (χ4n) is 8.02. The van der Waals surface area contributed by atoms with E-state index in [9.17, 15) is 9.00 Å². The van der Waals surface area contributed by atoms with Crippen LogP contribution in [0.4, 0.5) is 5.69 Å². The summed E-state index contributed by atoms with van der Waals surface area (Å²) in [6, 6.07) is 11.9. The minimum absolute atomic E-state index is 0.0542. The Balaban J connectivity index is 1.29. The predicted octanol–water partition coefficient (Wildman–Crippen LogP) is 5.17. The van der Waals surface area contributed by atoms with Crippen molar-refractivity contribution in [3.8, 4) is 5.75 Å². The van der Waals surface area contributed by atoms with Crippen LogP contribution in [0, 0.1) is 11.8 Å². The van der Waals surface area contributed by atoms with Crippen molar-refractivity contribution in [2.45, 2.75) is 75.6 Å². The molecule has 7 rings (SSSR count). The normalized spacial score (nSPS) is 36.5. The first kappa shape index (κ1) is 28.5. The monoisotopic (exact) mass is 612 g/mol. The van der Waals surface area contributed by atoms with Crippen molar-refractivity contribution in [3.63, 3.8) is 0 Å². The van der Waals surface area contributed by atoms with Gasteiger partial charge in [-0.05, 0) is 105 Å². The van der Waals surface area contributed by atoms with Crippen molar-refractivity contribution in [1.29, 1.82) is 0 Å². The molecule has 1 saturated carbocycles. The molecule has 1 unspecified atom stereocenters. The lowest BCUT2D eigenvalue weighted by Gasteiger charge is -2.48. The number of halogens is 1. The summed E-state index contributed by atoms with van der Waals surface area (Å²) in [6.45, 7) is 4.64. The molecule has 2 fully saturated rings. The highest BCUT2D eigenvalue weighted by atomic mass is 35.5. The van der Waals surface area contributed by atoms with Crippen LogP contribution in [0.3, 0.4) is 0 Å². The summed E-state index contributed by atoms with van der Waals surface area (Å²) in [7, 11) is -2.87. The molecule has 0 radical (unpaired) electrons. The van der Waals surface area contributed by atoms with E-state index in [4.69, 9.17) is 25.8 Å². The Hall–Kier alpha value is -2.26. The van der Waals surface area contributed by atoms with Crippen LogP contribution in [0.15, 0.2) is 36.4 Å². The van der Waals surface area contributed by atoms with Gasteiger partial charge in [0.1, 0.15) is 5.75 Å². The third-order valence-electron chi connectivity index (χ3n) is 10.3. The van der Waals surface area contributed by atoms with Crippen LogP contribution in [0.5, 0.6) is 5.75 Å². The Morgan fingerprint density at radius 3 is 2.88 bits per heavy atom. The van der Waals surface area contributed by atoms with E-state index in [0.29, 0.717) is 30.6 Å². The van der Waals surface area contributed by atoms with Gasteiger partial charge in [-0.15, -0.1) is 0 Å². The summed E-state index contributed by atoms with van der Waals surface area (Å²) in [6.07, 6.45) is 7.40. The number of hydrogen-bond donors (Lipinski definition) is 1. The minimum Gasteiger partial charge on any atom is -0.490 e. The van der Waals surface area contributed by atoms with Gasteiger partial charge < -0.3 is 19.1 Å². The number of fused-ring (bicyclic) bond motifs is 7. The molecule has 9 heteroatoms. The fourth-order valence-corrected chi connectivity index (χ4v) is 9.14. The standard InChI is InChI=1S/C33H41ClN2O5S/c1-21-14-26-17-31(41-21)27-8-5-24(27)18-36-19-33(11-3-4-22-15-25(34)7-9-28(22)33)20-40-30-10-6-23(16-29(30)36)32(37)35-42(2,38)13-12-39-26/h6-7,9-10,15-16,21,24,26-27,31H,2-5,8,11-14,17-20H2,1H3,(H,35,37,38)/t21-,24+,26+,27-,31+,33+,42?/m1/s1. The summed E-state index contributed by atoms with van der Waals surface area (Å²) in [5.41, 5.74) is 3.82. The molecule has 42 heavy (non-hydrogen) atoms. The average Bonchev–Trinajstić information content (AvgIpc) is 3.07. The second kappa shape index (κ2) is 11.0. The maximum atomic E-state index is 13.4. The molecule has 2 aromatic rings. The van der Waals surface area contributed by atoms with E-state index in [0.717, 1.165) is 74.5 Å². The zero-order valence-corrected chi connectivity index (χ0v) is 25.9. The molecule has 7 atom stereocenters. The first-order valence-corrected chi connectivity index (χ1v) is 17.7. The van der Waals surface area contributed by atoms with Crippen molar-refractivity contribution >= 4 is 38.8 Å². The van der Waals surface area contributed by atoms with E-state index in [1.165, 1.54) is 11.1 Å². The number of nitrogens with one attached hydrogen (secondary N) is 1. The van der Waals surface area contributed by atoms with E-state index < -0.39 is 9.71 Å². The average molecular weight is 613 g/mol. The summed E-state index contributed by atoms with van der Waals surface area (Å²) in [5, 5.41) is 0.771. The lowest BCUT2D eigenvalue weighted by molar-refractivity contribution is -0.146. The van der Waals surface area contributed by atoms with Gasteiger partial charge >= 0.3 is 0 Å². The molecule has 5 aliphatic rings. The maximum absolute atomic E-state index is 13.4. The SMILES string of the molecule is C=S1(=O)CCO[C@H]2C[C@@H](C)O[C@@H](C2)[C@@H]2CC[C@H]2CN2C[C@@]3(CCCc4cc(Cl)ccc43)COc3ccc(cc32)C(=O)N1. The molecule has 0 aromatic heterocycles. The van der Waals surface area contributed by atoms with Crippen LogP contribution in [0.2, 0.25) is 5.02 Å². The molecule has 1 saturated heterocycles. The second-order valence-electron chi connectivity index (χ2n) is 13.2. The van der Waals surface area contributed by atoms with Crippen molar-refractivity contribution in [1.82, 2.24) is 4.72 Å². The number of ether oxygens (including phenoxy) is 3. The van der Waals surface area contributed by atoms with E-state index in [1.807, 2.05) is 18.2 Å². The first-order valence-electron chi connectivity index (χ1n) is 15.4. The quantitative estimate of drug-likeness (QED) is 0.414. The van der Waals surface area contributed by atoms with Crippen LogP contribution in [0.25, 0.3) is 0 Å². The number of benzene rings is 2. The number of carbonyl (C=O) groups excluding carboxylic acids is 1. The Labute approximate surface area is 254 Å². The highest BCUT2D eigenvalue weighted by Gasteiger charge is 2.46. The topological polar surface area (TPSA) is 77.1 Å². The second-order valence-corrected chi connectivity index (χ2v) is 15.9. The highest BCUT2D eigenvalue weighted by molar-refractivity contribution is 7.99. The fraction of sp³-hybridized carbons (Fsp3) is 0.576. The summed E-state index contributed by atoms with van der Waals surface area (Å²) in [5.74, 6) is 5.36. The zero-order chi connectivity index (χ0) is 29.1. The number of anilines is 1. The number of rotatable bonds is 0. The molecule has 3 heterocycles. The van der Waals surface area contributed by atoms with Gasteiger partial charge in [0.2, 0.25) is 0 Å². The number of carbonyl (C=O) groups is 1. The third kappa shape index (κ3) is 5.44. The summed E-state index contributed by atoms with van der Waals surface area (Å²) >= 11 is 6.43. The van der Waals surface area contributed by atoms with E-state index in [-0.39, 0.29) is 35.4 Å². The minimum atomic E-state index is -2.87. The van der Waals surface area contributed by atoms with Crippen LogP contribution in [0.1, 0.15) is 66.9 Å². The molecule has 7 nitrogen and oxygen atoms in total. The molecular weight excluding hydrogens is 572 g/mol. The van der Waals surface area contributed by atoms with Crippen molar-refractivity contribution in [2.75, 3.05) is 37.0 Å². The molecule has 4 bridgehead atoms. The van der Waals surface area contributed by atoms with Crippen LogP contribution in [-0.2, 0) is 31.0 Å². The molecule has 1 amide bonds. The Kier molecular flexibility index (Phi) is 7.48. The van der Waals surface area contributed by atoms with Gasteiger partial charge in [-0.3, -0.25) is 9.52 Å². The molecular formula is C33H41ClN2O5S. The largest absolute Gasteiger partial charge is 0.490 e. The molecule has 2 aliphatic carbocycles. The molecule has 1 N–H and O–H groups in total. The number of nitrogens with zero attached hydrogens (tertiary/aromatic N) is 1. The number of amides is 1. The lowest BCUT2D eigenvalue weighted by atomic mass is 9.67. The van der Waals surface area contributed by atoms with Gasteiger partial charge in [0.15, 0.2) is 0 Å².